The highest BCUT2D eigenvalue weighted by Gasteiger charge is 2.20. The largest absolute Gasteiger partial charge is 0.480 e. The van der Waals surface area contributed by atoms with E-state index in [1.54, 1.807) is 0 Å². The van der Waals surface area contributed by atoms with E-state index in [1.807, 2.05) is 0 Å². The maximum absolute atomic E-state index is 12.0. The van der Waals surface area contributed by atoms with Crippen LogP contribution in [0.1, 0.15) is 11.5 Å². The van der Waals surface area contributed by atoms with E-state index >= 15 is 0 Å². The Balaban J connectivity index is 3.11. The molecular weight excluding hydrogens is 258 g/mol. The Hall–Kier alpha value is -1.69. The molecule has 0 aliphatic heterocycles. The molecule has 0 aliphatic carbocycles. The lowest BCUT2D eigenvalue weighted by molar-refractivity contribution is -0.140. The van der Waals surface area contributed by atoms with Gasteiger partial charge in [0.1, 0.15) is 18.0 Å². The van der Waals surface area contributed by atoms with Crippen LogP contribution in [0.3, 0.4) is 0 Å². The summed E-state index contributed by atoms with van der Waals surface area (Å²) < 4.78 is 28.0. The molecule has 4 nitrogen and oxygen atoms in total. The summed E-state index contributed by atoms with van der Waals surface area (Å²) in [5.74, 6) is -3.16. The van der Waals surface area contributed by atoms with Gasteiger partial charge in [-0.05, 0) is 23.8 Å². The number of benzene rings is 1. The lowest BCUT2D eigenvalue weighted by atomic mass is 10.0. The van der Waals surface area contributed by atoms with Crippen molar-refractivity contribution in [3.05, 3.63) is 28.8 Å². The summed E-state index contributed by atoms with van der Waals surface area (Å²) in [6, 6.07) is 3.33. The first-order chi connectivity index (χ1) is 7.93. The Morgan fingerprint density at radius 3 is 2.53 bits per heavy atom. The van der Waals surface area contributed by atoms with Gasteiger partial charge in [0.2, 0.25) is 0 Å². The number of carbonyl (C=O) groups is 2. The summed E-state index contributed by atoms with van der Waals surface area (Å²) in [6.07, 6.45) is 0.181. The number of halogens is 3. The van der Waals surface area contributed by atoms with E-state index in [-0.39, 0.29) is 22.6 Å². The normalized spacial score (nSPS) is 12.2. The van der Waals surface area contributed by atoms with E-state index in [4.69, 9.17) is 16.7 Å². The number of carboxylic acid groups (broad SMARTS) is 1. The average molecular weight is 265 g/mol. The molecule has 0 fully saturated rings. The van der Waals surface area contributed by atoms with Crippen molar-refractivity contribution in [1.29, 1.82) is 0 Å². The van der Waals surface area contributed by atoms with Gasteiger partial charge >= 0.3 is 12.6 Å². The number of carboxylic acids is 1. The zero-order valence-corrected chi connectivity index (χ0v) is 9.03. The zero-order chi connectivity index (χ0) is 13.0. The molecule has 1 unspecified atom stereocenters. The molecule has 1 aromatic rings. The van der Waals surface area contributed by atoms with Crippen LogP contribution in [0.4, 0.5) is 8.78 Å². The zero-order valence-electron chi connectivity index (χ0n) is 8.27. The summed E-state index contributed by atoms with van der Waals surface area (Å²) in [6.45, 7) is -3.05. The molecule has 0 amide bonds. The topological polar surface area (TPSA) is 63.6 Å². The first-order valence-electron chi connectivity index (χ1n) is 4.37. The van der Waals surface area contributed by atoms with E-state index in [1.165, 1.54) is 6.07 Å². The van der Waals surface area contributed by atoms with Gasteiger partial charge in [0, 0.05) is 5.02 Å². The van der Waals surface area contributed by atoms with Crippen LogP contribution >= 0.6 is 11.6 Å². The molecule has 0 saturated carbocycles. The summed E-state index contributed by atoms with van der Waals surface area (Å²) in [5, 5.41) is 8.73. The highest BCUT2D eigenvalue weighted by molar-refractivity contribution is 6.30. The second-order valence-corrected chi connectivity index (χ2v) is 3.49. The standard InChI is InChI=1S/C10H7ClF2O4/c11-6-1-5(8(4-14)9(15)16)2-7(3-6)17-10(12)13/h1-4,8,10H,(H,15,16). The van der Waals surface area contributed by atoms with Crippen molar-refractivity contribution in [2.45, 2.75) is 12.5 Å². The first-order valence-corrected chi connectivity index (χ1v) is 4.75. The third-order valence-corrected chi connectivity index (χ3v) is 2.10. The quantitative estimate of drug-likeness (QED) is 0.655. The maximum Gasteiger partial charge on any atom is 0.387 e. The third-order valence-electron chi connectivity index (χ3n) is 1.88. The fourth-order valence-electron chi connectivity index (χ4n) is 1.21. The van der Waals surface area contributed by atoms with Gasteiger partial charge in [-0.15, -0.1) is 0 Å². The third kappa shape index (κ3) is 3.67. The average Bonchev–Trinajstić information content (AvgIpc) is 2.15. The molecule has 1 rings (SSSR count). The number of rotatable bonds is 5. The van der Waals surface area contributed by atoms with Crippen molar-refractivity contribution < 1.29 is 28.2 Å². The second-order valence-electron chi connectivity index (χ2n) is 3.05. The fraction of sp³-hybridized carbons (Fsp3) is 0.200. The molecule has 0 spiro atoms. The summed E-state index contributed by atoms with van der Waals surface area (Å²) in [4.78, 5) is 21.3. The number of hydrogen-bond donors (Lipinski definition) is 1. The smallest absolute Gasteiger partial charge is 0.387 e. The Morgan fingerprint density at radius 2 is 2.06 bits per heavy atom. The van der Waals surface area contributed by atoms with Crippen LogP contribution in [0.15, 0.2) is 18.2 Å². The molecule has 1 aromatic carbocycles. The summed E-state index contributed by atoms with van der Waals surface area (Å²) >= 11 is 5.61. The lowest BCUT2D eigenvalue weighted by Gasteiger charge is -2.10. The van der Waals surface area contributed by atoms with E-state index in [9.17, 15) is 18.4 Å². The van der Waals surface area contributed by atoms with Crippen LogP contribution in [0.2, 0.25) is 5.02 Å². The molecule has 0 saturated heterocycles. The van der Waals surface area contributed by atoms with Crippen LogP contribution in [-0.4, -0.2) is 24.0 Å². The molecule has 92 valence electrons. The van der Waals surface area contributed by atoms with Gasteiger partial charge in [0.05, 0.1) is 0 Å². The van der Waals surface area contributed by atoms with Crippen molar-refractivity contribution in [2.24, 2.45) is 0 Å². The highest BCUT2D eigenvalue weighted by Crippen LogP contribution is 2.26. The van der Waals surface area contributed by atoms with Gasteiger partial charge in [-0.2, -0.15) is 8.78 Å². The second kappa shape index (κ2) is 5.58. The Bertz CT molecular complexity index is 436. The van der Waals surface area contributed by atoms with Gasteiger partial charge in [-0.25, -0.2) is 0 Å². The molecule has 0 aromatic heterocycles. The maximum atomic E-state index is 12.0. The first kappa shape index (κ1) is 13.4. The molecule has 0 bridgehead atoms. The summed E-state index contributed by atoms with van der Waals surface area (Å²) in [5.41, 5.74) is -0.0179. The van der Waals surface area contributed by atoms with Crippen molar-refractivity contribution in [3.8, 4) is 5.75 Å². The lowest BCUT2D eigenvalue weighted by Crippen LogP contribution is -2.13. The molecule has 17 heavy (non-hydrogen) atoms. The molecule has 0 aliphatic rings. The Kier molecular flexibility index (Phi) is 4.39. The number of aldehydes is 1. The van der Waals surface area contributed by atoms with Crippen LogP contribution in [0.25, 0.3) is 0 Å². The van der Waals surface area contributed by atoms with Crippen LogP contribution in [-0.2, 0) is 9.59 Å². The molecular formula is C10H7ClF2O4. The molecule has 7 heteroatoms. The SMILES string of the molecule is O=CC(C(=O)O)c1cc(Cl)cc(OC(F)F)c1. The van der Waals surface area contributed by atoms with Gasteiger partial charge in [0.15, 0.2) is 0 Å². The van der Waals surface area contributed by atoms with Crippen LogP contribution in [0, 0.1) is 0 Å². The predicted molar refractivity (Wildman–Crippen MR) is 54.5 cm³/mol. The molecule has 0 radical (unpaired) electrons. The fourth-order valence-corrected chi connectivity index (χ4v) is 1.45. The summed E-state index contributed by atoms with van der Waals surface area (Å²) in [7, 11) is 0. The number of ether oxygens (including phenoxy) is 1. The van der Waals surface area contributed by atoms with E-state index < -0.39 is 18.5 Å². The highest BCUT2D eigenvalue weighted by atomic mass is 35.5. The van der Waals surface area contributed by atoms with Crippen molar-refractivity contribution in [3.63, 3.8) is 0 Å². The van der Waals surface area contributed by atoms with Crippen LogP contribution in [0.5, 0.6) is 5.75 Å². The minimum absolute atomic E-state index is 0.00579. The number of carbonyl (C=O) groups excluding carboxylic acids is 1. The minimum Gasteiger partial charge on any atom is -0.480 e. The van der Waals surface area contributed by atoms with Gasteiger partial charge in [-0.1, -0.05) is 11.6 Å². The Morgan fingerprint density at radius 1 is 1.41 bits per heavy atom. The van der Waals surface area contributed by atoms with Crippen molar-refractivity contribution in [2.75, 3.05) is 0 Å². The minimum atomic E-state index is -3.05. The molecule has 1 N–H and O–H groups in total. The monoisotopic (exact) mass is 264 g/mol. The van der Waals surface area contributed by atoms with E-state index in [0.29, 0.717) is 0 Å². The number of alkyl halides is 2. The van der Waals surface area contributed by atoms with E-state index in [0.717, 1.165) is 12.1 Å². The van der Waals surface area contributed by atoms with Crippen molar-refractivity contribution in [1.82, 2.24) is 0 Å². The van der Waals surface area contributed by atoms with Crippen molar-refractivity contribution >= 4 is 23.9 Å². The van der Waals surface area contributed by atoms with Gasteiger partial charge in [-0.3, -0.25) is 4.79 Å². The van der Waals surface area contributed by atoms with E-state index in [2.05, 4.69) is 4.74 Å². The predicted octanol–water partition coefficient (Wildman–Crippen LogP) is 2.31. The van der Waals surface area contributed by atoms with Gasteiger partial charge in [0.25, 0.3) is 0 Å². The molecule has 1 atom stereocenters. The number of aliphatic carboxylic acids is 1. The molecule has 0 heterocycles. The van der Waals surface area contributed by atoms with Crippen LogP contribution < -0.4 is 4.74 Å². The number of hydrogen-bond acceptors (Lipinski definition) is 3. The Labute approximate surface area is 99.8 Å². The van der Waals surface area contributed by atoms with Gasteiger partial charge < -0.3 is 14.6 Å².